The highest BCUT2D eigenvalue weighted by Gasteiger charge is 2.26. The van der Waals surface area contributed by atoms with E-state index in [-0.39, 0.29) is 24.1 Å². The number of hydrogen-bond donors (Lipinski definition) is 1. The molecule has 3 aliphatic rings. The lowest BCUT2D eigenvalue weighted by Crippen LogP contribution is -2.50. The van der Waals surface area contributed by atoms with Gasteiger partial charge in [-0.15, -0.1) is 0 Å². The van der Waals surface area contributed by atoms with Crippen LogP contribution in [-0.4, -0.2) is 79.9 Å². The number of carbonyl (C=O) groups excluding carboxylic acids is 3. The van der Waals surface area contributed by atoms with Crippen LogP contribution in [0.1, 0.15) is 17.3 Å². The summed E-state index contributed by atoms with van der Waals surface area (Å²) in [6, 6.07) is 3.23. The average Bonchev–Trinajstić information content (AvgIpc) is 3.28. The summed E-state index contributed by atoms with van der Waals surface area (Å²) in [6.07, 6.45) is 1.50. The molecular weight excluding hydrogens is 390 g/mol. The summed E-state index contributed by atoms with van der Waals surface area (Å²) in [5.41, 5.74) is 1.38. The van der Waals surface area contributed by atoms with Gasteiger partial charge in [0.1, 0.15) is 13.2 Å². The lowest BCUT2D eigenvalue weighted by Gasteiger charge is -2.34. The van der Waals surface area contributed by atoms with E-state index in [1.165, 1.54) is 13.1 Å². The molecule has 10 heteroatoms. The number of benzene rings is 1. The molecule has 2 amide bonds. The van der Waals surface area contributed by atoms with Crippen LogP contribution < -0.4 is 14.8 Å². The van der Waals surface area contributed by atoms with Crippen molar-refractivity contribution in [1.29, 1.82) is 0 Å². The van der Waals surface area contributed by atoms with Gasteiger partial charge in [-0.05, 0) is 13.0 Å². The van der Waals surface area contributed by atoms with E-state index in [0.29, 0.717) is 74.3 Å². The van der Waals surface area contributed by atoms with Crippen LogP contribution in [0, 0.1) is 0 Å². The number of fused-ring (bicyclic) bond motifs is 1. The SMILES string of the molecule is CC(=O)c1cc2c(cc1NC(=O)CN1CCN(C(=O)C3=CN=NC3)CC1)OCCO2. The van der Waals surface area contributed by atoms with Crippen molar-refractivity contribution in [3.05, 3.63) is 29.5 Å². The number of rotatable bonds is 5. The number of piperazine rings is 1. The number of azo groups is 1. The first-order chi connectivity index (χ1) is 14.5. The summed E-state index contributed by atoms with van der Waals surface area (Å²) >= 11 is 0. The average molecular weight is 413 g/mol. The molecule has 0 bridgehead atoms. The molecule has 158 valence electrons. The molecule has 0 spiro atoms. The van der Waals surface area contributed by atoms with Crippen LogP contribution in [0.3, 0.4) is 0 Å². The van der Waals surface area contributed by atoms with Gasteiger partial charge in [0, 0.05) is 37.8 Å². The fourth-order valence-electron chi connectivity index (χ4n) is 3.58. The van der Waals surface area contributed by atoms with Gasteiger partial charge in [0.15, 0.2) is 17.3 Å². The van der Waals surface area contributed by atoms with Crippen LogP contribution in [0.4, 0.5) is 5.69 Å². The van der Waals surface area contributed by atoms with E-state index in [1.807, 2.05) is 4.90 Å². The van der Waals surface area contributed by atoms with E-state index in [9.17, 15) is 14.4 Å². The highest BCUT2D eigenvalue weighted by atomic mass is 16.6. The maximum atomic E-state index is 12.6. The van der Waals surface area contributed by atoms with Gasteiger partial charge in [-0.25, -0.2) is 0 Å². The summed E-state index contributed by atoms with van der Waals surface area (Å²) in [6.45, 7) is 5.02. The van der Waals surface area contributed by atoms with Gasteiger partial charge in [-0.1, -0.05) is 0 Å². The fraction of sp³-hybridized carbons (Fsp3) is 0.450. The van der Waals surface area contributed by atoms with E-state index in [1.54, 1.807) is 17.0 Å². The largest absolute Gasteiger partial charge is 0.486 e. The summed E-state index contributed by atoms with van der Waals surface area (Å²) < 4.78 is 11.1. The highest BCUT2D eigenvalue weighted by molar-refractivity contribution is 6.05. The quantitative estimate of drug-likeness (QED) is 0.723. The van der Waals surface area contributed by atoms with Gasteiger partial charge in [0.25, 0.3) is 5.91 Å². The molecule has 0 aliphatic carbocycles. The number of amides is 2. The third kappa shape index (κ3) is 4.33. The Labute approximate surface area is 173 Å². The molecular formula is C20H23N5O5. The molecule has 0 saturated carbocycles. The van der Waals surface area contributed by atoms with Gasteiger partial charge < -0.3 is 19.7 Å². The minimum atomic E-state index is -0.231. The van der Waals surface area contributed by atoms with Gasteiger partial charge >= 0.3 is 0 Å². The van der Waals surface area contributed by atoms with Gasteiger partial charge in [0.05, 0.1) is 30.5 Å². The van der Waals surface area contributed by atoms with Gasteiger partial charge in [-0.2, -0.15) is 10.2 Å². The van der Waals surface area contributed by atoms with Crippen molar-refractivity contribution >= 4 is 23.3 Å². The highest BCUT2D eigenvalue weighted by Crippen LogP contribution is 2.35. The summed E-state index contributed by atoms with van der Waals surface area (Å²) in [4.78, 5) is 40.7. The van der Waals surface area contributed by atoms with Crippen molar-refractivity contribution in [2.24, 2.45) is 10.2 Å². The molecule has 3 aliphatic heterocycles. The molecule has 30 heavy (non-hydrogen) atoms. The van der Waals surface area contributed by atoms with Crippen molar-refractivity contribution in [2.45, 2.75) is 6.92 Å². The van der Waals surface area contributed by atoms with Crippen LogP contribution in [0.2, 0.25) is 0 Å². The van der Waals surface area contributed by atoms with Crippen LogP contribution in [0.15, 0.2) is 34.1 Å². The van der Waals surface area contributed by atoms with Crippen molar-refractivity contribution < 1.29 is 23.9 Å². The van der Waals surface area contributed by atoms with E-state index in [2.05, 4.69) is 15.5 Å². The topological polar surface area (TPSA) is 113 Å². The number of anilines is 1. The van der Waals surface area contributed by atoms with Crippen LogP contribution in [0.25, 0.3) is 0 Å². The van der Waals surface area contributed by atoms with E-state index >= 15 is 0 Å². The molecule has 1 aromatic rings. The molecule has 0 aromatic heterocycles. The Balaban J connectivity index is 1.34. The smallest absolute Gasteiger partial charge is 0.253 e. The number of ether oxygens (including phenoxy) is 2. The van der Waals surface area contributed by atoms with E-state index in [4.69, 9.17) is 9.47 Å². The van der Waals surface area contributed by atoms with Crippen molar-refractivity contribution in [3.8, 4) is 11.5 Å². The molecule has 10 nitrogen and oxygen atoms in total. The monoisotopic (exact) mass is 413 g/mol. The predicted molar refractivity (Wildman–Crippen MR) is 107 cm³/mol. The second kappa shape index (κ2) is 8.62. The lowest BCUT2D eigenvalue weighted by molar-refractivity contribution is -0.129. The maximum absolute atomic E-state index is 12.6. The number of carbonyl (C=O) groups is 3. The third-order valence-electron chi connectivity index (χ3n) is 5.17. The number of nitrogens with one attached hydrogen (secondary N) is 1. The Bertz CT molecular complexity index is 934. The summed E-state index contributed by atoms with van der Waals surface area (Å²) in [5.74, 6) is 0.558. The Morgan fingerprint density at radius 3 is 2.40 bits per heavy atom. The molecule has 0 unspecified atom stereocenters. The zero-order valence-electron chi connectivity index (χ0n) is 16.7. The predicted octanol–water partition coefficient (Wildman–Crippen LogP) is 1.09. The molecule has 1 aromatic carbocycles. The van der Waals surface area contributed by atoms with E-state index < -0.39 is 0 Å². The first-order valence-corrected chi connectivity index (χ1v) is 9.83. The Morgan fingerprint density at radius 2 is 1.77 bits per heavy atom. The molecule has 1 saturated heterocycles. The van der Waals surface area contributed by atoms with Crippen molar-refractivity contribution in [2.75, 3.05) is 57.8 Å². The molecule has 1 fully saturated rings. The van der Waals surface area contributed by atoms with E-state index in [0.717, 1.165) is 0 Å². The van der Waals surface area contributed by atoms with Crippen LogP contribution in [0.5, 0.6) is 11.5 Å². The molecule has 4 rings (SSSR count). The minimum absolute atomic E-state index is 0.0496. The standard InChI is InChI=1S/C20H23N5O5/c1-13(26)15-8-17-18(30-7-6-29-17)9-16(15)23-19(27)12-24-2-4-25(5-3-24)20(28)14-10-21-22-11-14/h8-10H,2-7,11-12H2,1H3,(H,23,27). The number of nitrogens with zero attached hydrogens (tertiary/aromatic N) is 4. The minimum Gasteiger partial charge on any atom is -0.486 e. The second-order valence-electron chi connectivity index (χ2n) is 7.28. The number of hydrogen-bond acceptors (Lipinski definition) is 8. The molecule has 0 atom stereocenters. The first kappa shape index (κ1) is 20.0. The fourth-order valence-corrected chi connectivity index (χ4v) is 3.58. The number of ketones is 1. The number of Topliss-reactive ketones (excluding diaryl/α,β-unsaturated/α-hetero) is 1. The molecule has 1 N–H and O–H groups in total. The zero-order chi connectivity index (χ0) is 21.1. The van der Waals surface area contributed by atoms with Crippen LogP contribution >= 0.6 is 0 Å². The second-order valence-corrected chi connectivity index (χ2v) is 7.28. The molecule has 3 heterocycles. The Kier molecular flexibility index (Phi) is 5.75. The molecule has 0 radical (unpaired) electrons. The van der Waals surface area contributed by atoms with Crippen molar-refractivity contribution in [3.63, 3.8) is 0 Å². The third-order valence-corrected chi connectivity index (χ3v) is 5.17. The maximum Gasteiger partial charge on any atom is 0.253 e. The zero-order valence-corrected chi connectivity index (χ0v) is 16.7. The van der Waals surface area contributed by atoms with Gasteiger partial charge in [-0.3, -0.25) is 19.3 Å². The normalized spacial score (nSPS) is 18.2. The summed E-state index contributed by atoms with van der Waals surface area (Å²) in [5, 5.41) is 10.4. The van der Waals surface area contributed by atoms with Crippen molar-refractivity contribution in [1.82, 2.24) is 9.80 Å². The Morgan fingerprint density at radius 1 is 1.07 bits per heavy atom. The lowest BCUT2D eigenvalue weighted by atomic mass is 10.1. The summed E-state index contributed by atoms with van der Waals surface area (Å²) in [7, 11) is 0. The first-order valence-electron chi connectivity index (χ1n) is 9.83. The van der Waals surface area contributed by atoms with Crippen LogP contribution in [-0.2, 0) is 9.59 Å². The van der Waals surface area contributed by atoms with Gasteiger partial charge in [0.2, 0.25) is 5.91 Å². The Hall–Kier alpha value is -3.27.